The van der Waals surface area contributed by atoms with Crippen LogP contribution in [0.3, 0.4) is 0 Å². The summed E-state index contributed by atoms with van der Waals surface area (Å²) in [6.07, 6.45) is 3.09. The van der Waals surface area contributed by atoms with Crippen molar-refractivity contribution < 1.29 is 9.90 Å². The number of carboxylic acid groups (broad SMARTS) is 1. The molecule has 3 N–H and O–H groups in total. The van der Waals surface area contributed by atoms with Crippen LogP contribution in [0.5, 0.6) is 0 Å². The molecule has 1 fully saturated rings. The summed E-state index contributed by atoms with van der Waals surface area (Å²) in [4.78, 5) is 18.4. The first-order valence-electron chi connectivity index (χ1n) is 3.97. The third-order valence-electron chi connectivity index (χ3n) is 2.11. The lowest BCUT2D eigenvalue weighted by atomic mass is 10.2. The molecule has 0 saturated heterocycles. The fourth-order valence-electron chi connectivity index (χ4n) is 1.08. The molecule has 13 heavy (non-hydrogen) atoms. The topological polar surface area (TPSA) is 89.1 Å². The number of hydrogen-bond acceptors (Lipinski definition) is 4. The van der Waals surface area contributed by atoms with Gasteiger partial charge in [0, 0.05) is 6.20 Å². The van der Waals surface area contributed by atoms with Gasteiger partial charge >= 0.3 is 5.97 Å². The molecule has 1 aromatic rings. The Balaban J connectivity index is 2.38. The third kappa shape index (κ3) is 1.38. The third-order valence-corrected chi connectivity index (χ3v) is 2.11. The molecule has 0 unspecified atom stereocenters. The van der Waals surface area contributed by atoms with E-state index in [1.54, 1.807) is 0 Å². The second kappa shape index (κ2) is 2.50. The molecular formula is C8H9N3O2. The molecule has 0 atom stereocenters. The molecule has 0 spiro atoms. The summed E-state index contributed by atoms with van der Waals surface area (Å²) in [6.45, 7) is 0. The second-order valence-corrected chi connectivity index (χ2v) is 3.23. The zero-order valence-electron chi connectivity index (χ0n) is 6.90. The van der Waals surface area contributed by atoms with Crippen molar-refractivity contribution in [2.24, 2.45) is 5.73 Å². The van der Waals surface area contributed by atoms with Gasteiger partial charge in [0.15, 0.2) is 5.69 Å². The molecule has 1 heterocycles. The van der Waals surface area contributed by atoms with Crippen molar-refractivity contribution in [1.82, 2.24) is 9.97 Å². The lowest BCUT2D eigenvalue weighted by Crippen LogP contribution is -2.23. The van der Waals surface area contributed by atoms with Crippen LogP contribution < -0.4 is 5.73 Å². The van der Waals surface area contributed by atoms with Crippen LogP contribution >= 0.6 is 0 Å². The molecular weight excluding hydrogens is 170 g/mol. The highest BCUT2D eigenvalue weighted by atomic mass is 16.4. The highest BCUT2D eigenvalue weighted by Crippen LogP contribution is 2.40. The van der Waals surface area contributed by atoms with Gasteiger partial charge in [-0.1, -0.05) is 0 Å². The van der Waals surface area contributed by atoms with Crippen LogP contribution in [0.2, 0.25) is 0 Å². The maximum Gasteiger partial charge on any atom is 0.354 e. The van der Waals surface area contributed by atoms with Crippen molar-refractivity contribution in [3.8, 4) is 0 Å². The number of hydrogen-bond donors (Lipinski definition) is 2. The van der Waals surface area contributed by atoms with Crippen molar-refractivity contribution in [3.63, 3.8) is 0 Å². The molecule has 1 aromatic heterocycles. The second-order valence-electron chi connectivity index (χ2n) is 3.23. The molecule has 0 radical (unpaired) electrons. The van der Waals surface area contributed by atoms with Crippen LogP contribution in [0.4, 0.5) is 0 Å². The molecule has 1 aliphatic rings. The summed E-state index contributed by atoms with van der Waals surface area (Å²) in [7, 11) is 0. The van der Waals surface area contributed by atoms with Gasteiger partial charge in [0.25, 0.3) is 0 Å². The monoisotopic (exact) mass is 179 g/mol. The van der Waals surface area contributed by atoms with Crippen LogP contribution in [0.15, 0.2) is 12.3 Å². The quantitative estimate of drug-likeness (QED) is 0.673. The largest absolute Gasteiger partial charge is 0.477 e. The van der Waals surface area contributed by atoms with Crippen LogP contribution in [0.1, 0.15) is 29.2 Å². The Labute approximate surface area is 74.6 Å². The summed E-state index contributed by atoms with van der Waals surface area (Å²) in [5.74, 6) is -0.611. The molecule has 1 saturated carbocycles. The Bertz CT molecular complexity index is 360. The number of nitrogens with zero attached hydrogens (tertiary/aromatic N) is 2. The molecule has 68 valence electrons. The van der Waals surface area contributed by atoms with Gasteiger partial charge < -0.3 is 10.8 Å². The number of aromatic nitrogens is 2. The number of carbonyl (C=O) groups is 1. The summed E-state index contributed by atoms with van der Waals surface area (Å²) < 4.78 is 0. The molecule has 1 aliphatic carbocycles. The predicted molar refractivity (Wildman–Crippen MR) is 44.1 cm³/mol. The van der Waals surface area contributed by atoms with E-state index in [4.69, 9.17) is 10.8 Å². The average molecular weight is 179 g/mol. The smallest absolute Gasteiger partial charge is 0.354 e. The fourth-order valence-corrected chi connectivity index (χ4v) is 1.08. The molecule has 0 bridgehead atoms. The van der Waals surface area contributed by atoms with E-state index in [1.807, 2.05) is 0 Å². The van der Waals surface area contributed by atoms with Gasteiger partial charge in [-0.15, -0.1) is 0 Å². The standard InChI is InChI=1S/C8H9N3O2/c9-8(2-3-8)7-10-4-1-5(11-7)6(12)13/h1,4H,2-3,9H2,(H,12,13). The summed E-state index contributed by atoms with van der Waals surface area (Å²) in [6, 6.07) is 1.36. The van der Waals surface area contributed by atoms with E-state index in [9.17, 15) is 4.79 Å². The zero-order valence-corrected chi connectivity index (χ0v) is 6.90. The van der Waals surface area contributed by atoms with E-state index in [0.29, 0.717) is 5.82 Å². The van der Waals surface area contributed by atoms with E-state index in [0.717, 1.165) is 12.8 Å². The fraction of sp³-hybridized carbons (Fsp3) is 0.375. The minimum Gasteiger partial charge on any atom is -0.477 e. The highest BCUT2D eigenvalue weighted by Gasteiger charge is 2.43. The Morgan fingerprint density at radius 3 is 2.85 bits per heavy atom. The molecule has 0 amide bonds. The highest BCUT2D eigenvalue weighted by molar-refractivity contribution is 5.85. The minimum atomic E-state index is -1.05. The molecule has 0 aliphatic heterocycles. The Morgan fingerprint density at radius 1 is 1.62 bits per heavy atom. The summed E-state index contributed by atoms with van der Waals surface area (Å²) in [5, 5.41) is 8.66. The lowest BCUT2D eigenvalue weighted by Gasteiger charge is -2.05. The Morgan fingerprint density at radius 2 is 2.31 bits per heavy atom. The maximum atomic E-state index is 10.6. The van der Waals surface area contributed by atoms with Crippen molar-refractivity contribution in [3.05, 3.63) is 23.8 Å². The van der Waals surface area contributed by atoms with E-state index in [-0.39, 0.29) is 5.69 Å². The zero-order chi connectivity index (χ0) is 9.47. The first kappa shape index (κ1) is 8.12. The van der Waals surface area contributed by atoms with E-state index in [1.165, 1.54) is 12.3 Å². The van der Waals surface area contributed by atoms with Crippen molar-refractivity contribution >= 4 is 5.97 Å². The van der Waals surface area contributed by atoms with Crippen LogP contribution in [0.25, 0.3) is 0 Å². The van der Waals surface area contributed by atoms with E-state index in [2.05, 4.69) is 9.97 Å². The number of nitrogens with two attached hydrogens (primary N) is 1. The van der Waals surface area contributed by atoms with Gasteiger partial charge in [0.1, 0.15) is 5.82 Å². The average Bonchev–Trinajstić information content (AvgIpc) is 2.85. The SMILES string of the molecule is NC1(c2nccc(C(=O)O)n2)CC1. The van der Waals surface area contributed by atoms with Crippen LogP contribution in [0, 0.1) is 0 Å². The number of aromatic carboxylic acids is 1. The first-order valence-corrected chi connectivity index (χ1v) is 3.97. The molecule has 5 nitrogen and oxygen atoms in total. The van der Waals surface area contributed by atoms with Gasteiger partial charge in [0.2, 0.25) is 0 Å². The number of rotatable bonds is 2. The lowest BCUT2D eigenvalue weighted by molar-refractivity contribution is 0.0689. The van der Waals surface area contributed by atoms with Gasteiger partial charge in [-0.05, 0) is 18.9 Å². The maximum absolute atomic E-state index is 10.6. The molecule has 5 heteroatoms. The van der Waals surface area contributed by atoms with Crippen molar-refractivity contribution in [2.45, 2.75) is 18.4 Å². The van der Waals surface area contributed by atoms with Crippen molar-refractivity contribution in [2.75, 3.05) is 0 Å². The van der Waals surface area contributed by atoms with Gasteiger partial charge in [0.05, 0.1) is 5.54 Å². The Hall–Kier alpha value is -1.49. The summed E-state index contributed by atoms with van der Waals surface area (Å²) >= 11 is 0. The number of carboxylic acids is 1. The van der Waals surface area contributed by atoms with E-state index < -0.39 is 11.5 Å². The van der Waals surface area contributed by atoms with E-state index >= 15 is 0 Å². The molecule has 2 rings (SSSR count). The predicted octanol–water partition coefficient (Wildman–Crippen LogP) is 0.123. The van der Waals surface area contributed by atoms with Crippen LogP contribution in [-0.4, -0.2) is 21.0 Å². The Kier molecular flexibility index (Phi) is 1.56. The van der Waals surface area contributed by atoms with Crippen molar-refractivity contribution in [1.29, 1.82) is 0 Å². The first-order chi connectivity index (χ1) is 6.12. The minimum absolute atomic E-state index is 0.00160. The van der Waals surface area contributed by atoms with Gasteiger partial charge in [-0.2, -0.15) is 0 Å². The normalized spacial score (nSPS) is 18.2. The molecule has 0 aromatic carbocycles. The van der Waals surface area contributed by atoms with Gasteiger partial charge in [-0.3, -0.25) is 0 Å². The summed E-state index contributed by atoms with van der Waals surface area (Å²) in [5.41, 5.74) is 5.35. The van der Waals surface area contributed by atoms with Crippen LogP contribution in [-0.2, 0) is 5.54 Å². The van der Waals surface area contributed by atoms with Gasteiger partial charge in [-0.25, -0.2) is 14.8 Å².